The molecule has 38 heavy (non-hydrogen) atoms. The Balaban J connectivity index is 1.23. The van der Waals surface area contributed by atoms with Crippen molar-refractivity contribution >= 4 is 45.3 Å². The molecule has 0 bridgehead atoms. The van der Waals surface area contributed by atoms with Gasteiger partial charge in [-0.15, -0.1) is 0 Å². The standard InChI is InChI=1S/C29H34N6O2S/c1-33-12-14-35(15-13-33)29(37)21-6-4-5-20(17-21)26-24-18-23(7-8-25(24)31-32-26)30-28(36)27(22-9-16-38-19-22)34-10-2-3-11-34/h4-5,7-9,16-19,21,27H,2-3,6,10-15H2,1H3,(H,30,36)(H,31,32). The molecule has 8 nitrogen and oxygen atoms in total. The maximum atomic E-state index is 13.5. The Kier molecular flexibility index (Phi) is 7.14. The Bertz CT molecular complexity index is 1360. The number of hydrogen-bond donors (Lipinski definition) is 2. The fourth-order valence-corrected chi connectivity index (χ4v) is 6.43. The molecule has 2 saturated heterocycles. The van der Waals surface area contributed by atoms with Crippen LogP contribution in [0.15, 0.2) is 53.3 Å². The Morgan fingerprint density at radius 2 is 1.92 bits per heavy atom. The second kappa shape index (κ2) is 10.8. The molecule has 9 heteroatoms. The van der Waals surface area contributed by atoms with Gasteiger partial charge in [0, 0.05) is 37.3 Å². The van der Waals surface area contributed by atoms with E-state index in [1.54, 1.807) is 11.3 Å². The number of H-pyrrole nitrogens is 1. The number of carbonyl (C=O) groups is 2. The summed E-state index contributed by atoms with van der Waals surface area (Å²) in [6.45, 7) is 5.25. The zero-order valence-corrected chi connectivity index (χ0v) is 22.5. The number of anilines is 1. The molecule has 3 aromatic rings. The molecule has 2 N–H and O–H groups in total. The molecule has 198 valence electrons. The third-order valence-electron chi connectivity index (χ3n) is 7.92. The lowest BCUT2D eigenvalue weighted by molar-refractivity contribution is -0.135. The fourth-order valence-electron chi connectivity index (χ4n) is 5.75. The quantitative estimate of drug-likeness (QED) is 0.501. The van der Waals surface area contributed by atoms with E-state index in [0.29, 0.717) is 6.42 Å². The van der Waals surface area contributed by atoms with E-state index in [0.717, 1.165) is 85.5 Å². The number of thiophene rings is 1. The van der Waals surface area contributed by atoms with Gasteiger partial charge in [0.2, 0.25) is 11.8 Å². The maximum Gasteiger partial charge on any atom is 0.246 e. The van der Waals surface area contributed by atoms with Crippen molar-refractivity contribution in [3.8, 4) is 0 Å². The average molecular weight is 531 g/mol. The number of nitrogens with one attached hydrogen (secondary N) is 2. The number of amides is 2. The molecule has 0 spiro atoms. The first-order chi connectivity index (χ1) is 18.6. The minimum atomic E-state index is -0.284. The number of carbonyl (C=O) groups excluding carboxylic acids is 2. The van der Waals surface area contributed by atoms with Crippen molar-refractivity contribution in [3.05, 3.63) is 64.5 Å². The van der Waals surface area contributed by atoms with Crippen molar-refractivity contribution in [2.24, 2.45) is 5.92 Å². The summed E-state index contributed by atoms with van der Waals surface area (Å²) < 4.78 is 0. The minimum Gasteiger partial charge on any atom is -0.340 e. The number of rotatable bonds is 6. The summed E-state index contributed by atoms with van der Waals surface area (Å²) in [6.07, 6.45) is 9.13. The monoisotopic (exact) mass is 530 g/mol. The SMILES string of the molecule is CN1CCN(C(=O)C2C=C(c3n[nH]c4ccc(NC(=O)C(c5ccsc5)N5CCCC5)cc34)C=CC2)CC1. The summed E-state index contributed by atoms with van der Waals surface area (Å²) in [7, 11) is 2.09. The van der Waals surface area contributed by atoms with E-state index >= 15 is 0 Å². The number of likely N-dealkylation sites (tertiary alicyclic amines) is 1. The van der Waals surface area contributed by atoms with Gasteiger partial charge in [0.1, 0.15) is 6.04 Å². The Morgan fingerprint density at radius 3 is 2.68 bits per heavy atom. The van der Waals surface area contributed by atoms with Crippen LogP contribution in [-0.4, -0.2) is 83.0 Å². The zero-order chi connectivity index (χ0) is 26.1. The van der Waals surface area contributed by atoms with E-state index < -0.39 is 0 Å². The number of aromatic amines is 1. The summed E-state index contributed by atoms with van der Waals surface area (Å²) in [4.78, 5) is 33.3. The van der Waals surface area contributed by atoms with Crippen LogP contribution in [0.1, 0.15) is 36.6 Å². The van der Waals surface area contributed by atoms with Crippen molar-refractivity contribution < 1.29 is 9.59 Å². The smallest absolute Gasteiger partial charge is 0.246 e. The lowest BCUT2D eigenvalue weighted by Crippen LogP contribution is -2.48. The molecule has 2 aliphatic heterocycles. The highest BCUT2D eigenvalue weighted by Crippen LogP contribution is 2.32. The molecule has 0 radical (unpaired) electrons. The highest BCUT2D eigenvalue weighted by Gasteiger charge is 2.30. The van der Waals surface area contributed by atoms with Crippen LogP contribution in [0.3, 0.4) is 0 Å². The van der Waals surface area contributed by atoms with E-state index in [1.807, 2.05) is 34.5 Å². The first kappa shape index (κ1) is 25.0. The largest absolute Gasteiger partial charge is 0.340 e. The molecule has 2 atom stereocenters. The summed E-state index contributed by atoms with van der Waals surface area (Å²) in [5.41, 5.74) is 4.43. The van der Waals surface area contributed by atoms with Crippen LogP contribution in [0.2, 0.25) is 0 Å². The maximum absolute atomic E-state index is 13.5. The molecule has 2 unspecified atom stereocenters. The summed E-state index contributed by atoms with van der Waals surface area (Å²) in [6, 6.07) is 7.63. The fraction of sp³-hybridized carbons (Fsp3) is 0.414. The van der Waals surface area contributed by atoms with Gasteiger partial charge in [0.15, 0.2) is 0 Å². The third-order valence-corrected chi connectivity index (χ3v) is 8.62. The van der Waals surface area contributed by atoms with Gasteiger partial charge in [-0.1, -0.05) is 18.2 Å². The van der Waals surface area contributed by atoms with Crippen molar-refractivity contribution in [2.45, 2.75) is 25.3 Å². The lowest BCUT2D eigenvalue weighted by Gasteiger charge is -2.34. The summed E-state index contributed by atoms with van der Waals surface area (Å²) in [5, 5.41) is 15.9. The van der Waals surface area contributed by atoms with Crippen LogP contribution in [-0.2, 0) is 9.59 Å². The Labute approximate surface area is 227 Å². The van der Waals surface area contributed by atoms with Crippen LogP contribution in [0.4, 0.5) is 5.69 Å². The van der Waals surface area contributed by atoms with E-state index in [4.69, 9.17) is 0 Å². The van der Waals surface area contributed by atoms with Crippen LogP contribution in [0, 0.1) is 5.92 Å². The topological polar surface area (TPSA) is 84.6 Å². The molecule has 2 aromatic heterocycles. The van der Waals surface area contributed by atoms with Gasteiger partial charge in [0.05, 0.1) is 17.1 Å². The predicted octanol–water partition coefficient (Wildman–Crippen LogP) is 4.13. The third kappa shape index (κ3) is 5.06. The van der Waals surface area contributed by atoms with Gasteiger partial charge in [-0.3, -0.25) is 19.6 Å². The van der Waals surface area contributed by atoms with E-state index in [2.05, 4.69) is 56.0 Å². The normalized spacial score (nSPS) is 21.6. The number of allylic oxidation sites excluding steroid dienone is 3. The van der Waals surface area contributed by atoms with Gasteiger partial charge in [-0.2, -0.15) is 16.4 Å². The predicted molar refractivity (Wildman–Crippen MR) is 152 cm³/mol. The van der Waals surface area contributed by atoms with Crippen molar-refractivity contribution in [1.82, 2.24) is 24.9 Å². The van der Waals surface area contributed by atoms with E-state index in [1.165, 1.54) is 0 Å². The molecule has 2 fully saturated rings. The van der Waals surface area contributed by atoms with Crippen LogP contribution >= 0.6 is 11.3 Å². The van der Waals surface area contributed by atoms with Crippen LogP contribution in [0.25, 0.3) is 16.5 Å². The number of likely N-dealkylation sites (N-methyl/N-ethyl adjacent to an activating group) is 1. The molecule has 1 aliphatic carbocycles. The number of nitrogens with zero attached hydrogens (tertiary/aromatic N) is 4. The highest BCUT2D eigenvalue weighted by atomic mass is 32.1. The van der Waals surface area contributed by atoms with Gasteiger partial charge < -0.3 is 15.1 Å². The molecule has 6 rings (SSSR count). The first-order valence-corrected chi connectivity index (χ1v) is 14.4. The number of fused-ring (bicyclic) bond motifs is 1. The molecule has 3 aliphatic rings. The van der Waals surface area contributed by atoms with Crippen molar-refractivity contribution in [1.29, 1.82) is 0 Å². The van der Waals surface area contributed by atoms with Crippen LogP contribution < -0.4 is 5.32 Å². The number of aromatic nitrogens is 2. The molecule has 0 saturated carbocycles. The number of benzene rings is 1. The zero-order valence-electron chi connectivity index (χ0n) is 21.7. The number of hydrogen-bond acceptors (Lipinski definition) is 6. The summed E-state index contributed by atoms with van der Waals surface area (Å²) in [5.74, 6) is -0.00156. The van der Waals surface area contributed by atoms with E-state index in [9.17, 15) is 9.59 Å². The first-order valence-electron chi connectivity index (χ1n) is 13.5. The molecule has 4 heterocycles. The van der Waals surface area contributed by atoms with Gasteiger partial charge in [0.25, 0.3) is 0 Å². The Hall–Kier alpha value is -3.27. The second-order valence-electron chi connectivity index (χ2n) is 10.5. The minimum absolute atomic E-state index is 0.00990. The lowest BCUT2D eigenvalue weighted by atomic mass is 9.92. The van der Waals surface area contributed by atoms with Crippen molar-refractivity contribution in [3.63, 3.8) is 0 Å². The van der Waals surface area contributed by atoms with Gasteiger partial charge >= 0.3 is 0 Å². The average Bonchev–Trinajstić information content (AvgIpc) is 3.72. The molecular weight excluding hydrogens is 496 g/mol. The summed E-state index contributed by atoms with van der Waals surface area (Å²) >= 11 is 1.62. The highest BCUT2D eigenvalue weighted by molar-refractivity contribution is 7.08. The van der Waals surface area contributed by atoms with Crippen LogP contribution in [0.5, 0.6) is 0 Å². The molecule has 2 amide bonds. The van der Waals surface area contributed by atoms with Gasteiger partial charge in [-0.25, -0.2) is 0 Å². The number of piperazine rings is 1. The van der Waals surface area contributed by atoms with E-state index in [-0.39, 0.29) is 23.8 Å². The van der Waals surface area contributed by atoms with Gasteiger partial charge in [-0.05, 0) is 85.6 Å². The second-order valence-corrected chi connectivity index (χ2v) is 11.3. The molecular formula is C29H34N6O2S. The molecule has 1 aromatic carbocycles. The Morgan fingerprint density at radius 1 is 1.11 bits per heavy atom. The van der Waals surface area contributed by atoms with Crippen molar-refractivity contribution in [2.75, 3.05) is 51.6 Å².